The van der Waals surface area contributed by atoms with E-state index in [1.54, 1.807) is 0 Å². The molecule has 0 aliphatic heterocycles. The quantitative estimate of drug-likeness (QED) is 0.729. The summed E-state index contributed by atoms with van der Waals surface area (Å²) in [4.78, 5) is 0. The van der Waals surface area contributed by atoms with Crippen molar-refractivity contribution in [1.82, 2.24) is 0 Å². The van der Waals surface area contributed by atoms with Crippen LogP contribution in [0.25, 0.3) is 0 Å². The van der Waals surface area contributed by atoms with Gasteiger partial charge in [-0.3, -0.25) is 4.39 Å². The molecule has 1 rings (SSSR count). The van der Waals surface area contributed by atoms with E-state index in [4.69, 9.17) is 0 Å². The lowest BCUT2D eigenvalue weighted by molar-refractivity contribution is 0.472. The Bertz CT molecular complexity index is 242. The molecule has 0 aliphatic rings. The van der Waals surface area contributed by atoms with Crippen molar-refractivity contribution in [3.63, 3.8) is 0 Å². The number of hydrogen-bond donors (Lipinski definition) is 0. The zero-order valence-corrected chi connectivity index (χ0v) is 10.2. The summed E-state index contributed by atoms with van der Waals surface area (Å²) in [7, 11) is 0. The van der Waals surface area contributed by atoms with Gasteiger partial charge in [0.25, 0.3) is 0 Å². The fraction of sp³-hybridized carbons (Fsp3) is 0.333. The highest BCUT2D eigenvalue weighted by Crippen LogP contribution is 2.23. The van der Waals surface area contributed by atoms with Crippen LogP contribution in [0.4, 0.5) is 4.39 Å². The molecule has 0 amide bonds. The Morgan fingerprint density at radius 2 is 2.17 bits per heavy atom. The third-order valence-electron chi connectivity index (χ3n) is 1.62. The van der Waals surface area contributed by atoms with Crippen molar-refractivity contribution >= 4 is 38.5 Å². The number of rotatable bonds is 3. The standard InChI is InChI=1S/C9H9BrFI/c10-8-4-1-5-9(12)7(8)3-2-6-11/h1,4-5H,2-3,6H2. The Morgan fingerprint density at radius 3 is 2.75 bits per heavy atom. The molecule has 0 fully saturated rings. The first kappa shape index (κ1) is 10.4. The van der Waals surface area contributed by atoms with Crippen LogP contribution in [0.3, 0.4) is 0 Å². The largest absolute Gasteiger partial charge is 0.251 e. The van der Waals surface area contributed by atoms with E-state index in [2.05, 4.69) is 38.5 Å². The monoisotopic (exact) mass is 342 g/mol. The molecule has 0 spiro atoms. The first-order chi connectivity index (χ1) is 5.75. The molecule has 66 valence electrons. The molecule has 3 heteroatoms. The normalized spacial score (nSPS) is 10.2. The highest BCUT2D eigenvalue weighted by molar-refractivity contribution is 14.1. The van der Waals surface area contributed by atoms with E-state index in [1.807, 2.05) is 18.2 Å². The highest BCUT2D eigenvalue weighted by atomic mass is 127. The average molecular weight is 343 g/mol. The first-order valence-electron chi connectivity index (χ1n) is 3.74. The number of benzene rings is 1. The van der Waals surface area contributed by atoms with Gasteiger partial charge in [0.15, 0.2) is 0 Å². The maximum atomic E-state index is 11.9. The van der Waals surface area contributed by atoms with Crippen LogP contribution >= 0.6 is 38.5 Å². The predicted molar refractivity (Wildman–Crippen MR) is 61.2 cm³/mol. The van der Waals surface area contributed by atoms with Gasteiger partial charge < -0.3 is 0 Å². The molecule has 0 saturated carbocycles. The lowest BCUT2D eigenvalue weighted by Gasteiger charge is -2.04. The molecular weight excluding hydrogens is 334 g/mol. The molecule has 0 saturated heterocycles. The predicted octanol–water partition coefficient (Wildman–Crippen LogP) is 3.96. The fourth-order valence-corrected chi connectivity index (χ4v) is 2.72. The molecule has 0 bridgehead atoms. The fourth-order valence-electron chi connectivity index (χ4n) is 1.01. The van der Waals surface area contributed by atoms with Gasteiger partial charge in [-0.05, 0) is 53.1 Å². The Kier molecular flexibility index (Phi) is 4.50. The van der Waals surface area contributed by atoms with Crippen LogP contribution in [0, 0.1) is 3.57 Å². The van der Waals surface area contributed by atoms with Crippen LogP contribution in [0.2, 0.25) is 0 Å². The summed E-state index contributed by atoms with van der Waals surface area (Å²) >= 11 is 5.72. The Morgan fingerprint density at radius 1 is 1.42 bits per heavy atom. The van der Waals surface area contributed by atoms with Crippen molar-refractivity contribution in [3.8, 4) is 0 Å². The summed E-state index contributed by atoms with van der Waals surface area (Å²) in [5.74, 6) is 0. The van der Waals surface area contributed by atoms with Crippen molar-refractivity contribution in [1.29, 1.82) is 0 Å². The van der Waals surface area contributed by atoms with Gasteiger partial charge in [-0.1, -0.05) is 22.0 Å². The number of halogens is 3. The van der Waals surface area contributed by atoms with Gasteiger partial charge in [-0.25, -0.2) is 0 Å². The summed E-state index contributed by atoms with van der Waals surface area (Å²) in [6, 6.07) is 6.03. The summed E-state index contributed by atoms with van der Waals surface area (Å²) in [6.07, 6.45) is 1.43. The number of alkyl halides is 1. The van der Waals surface area contributed by atoms with Crippen molar-refractivity contribution in [2.75, 3.05) is 6.67 Å². The molecule has 0 N–H and O–H groups in total. The molecular formula is C9H9BrFI. The Labute approximate surface area is 93.8 Å². The lowest BCUT2D eigenvalue weighted by Crippen LogP contribution is -1.91. The van der Waals surface area contributed by atoms with Gasteiger partial charge in [-0.15, -0.1) is 0 Å². The van der Waals surface area contributed by atoms with Gasteiger partial charge in [-0.2, -0.15) is 0 Å². The van der Waals surface area contributed by atoms with Crippen LogP contribution in [0.15, 0.2) is 22.7 Å². The minimum absolute atomic E-state index is 0.239. The van der Waals surface area contributed by atoms with E-state index >= 15 is 0 Å². The minimum atomic E-state index is -0.239. The first-order valence-corrected chi connectivity index (χ1v) is 5.61. The van der Waals surface area contributed by atoms with Gasteiger partial charge in [0.1, 0.15) is 0 Å². The van der Waals surface area contributed by atoms with E-state index in [-0.39, 0.29) is 6.67 Å². The SMILES string of the molecule is FCCCc1c(Br)cccc1I. The molecule has 0 nitrogen and oxygen atoms in total. The lowest BCUT2D eigenvalue weighted by atomic mass is 10.1. The minimum Gasteiger partial charge on any atom is -0.251 e. The van der Waals surface area contributed by atoms with Gasteiger partial charge in [0, 0.05) is 8.04 Å². The maximum absolute atomic E-state index is 11.9. The molecule has 0 heterocycles. The third kappa shape index (κ3) is 2.69. The summed E-state index contributed by atoms with van der Waals surface area (Å²) in [6.45, 7) is -0.239. The maximum Gasteiger partial charge on any atom is 0.0897 e. The third-order valence-corrected chi connectivity index (χ3v) is 3.38. The number of hydrogen-bond acceptors (Lipinski definition) is 0. The molecule has 12 heavy (non-hydrogen) atoms. The molecule has 0 aromatic heterocycles. The van der Waals surface area contributed by atoms with Crippen molar-refractivity contribution < 1.29 is 4.39 Å². The van der Waals surface area contributed by atoms with Crippen molar-refractivity contribution in [3.05, 3.63) is 31.8 Å². The summed E-state index contributed by atoms with van der Waals surface area (Å²) in [5.41, 5.74) is 1.22. The van der Waals surface area contributed by atoms with E-state index in [9.17, 15) is 4.39 Å². The molecule has 0 atom stereocenters. The molecule has 0 unspecified atom stereocenters. The summed E-state index contributed by atoms with van der Waals surface area (Å²) in [5, 5.41) is 0. The highest BCUT2D eigenvalue weighted by Gasteiger charge is 2.02. The van der Waals surface area contributed by atoms with Crippen LogP contribution in [-0.4, -0.2) is 6.67 Å². The van der Waals surface area contributed by atoms with E-state index in [1.165, 1.54) is 9.13 Å². The second-order valence-corrected chi connectivity index (χ2v) is 4.51. The summed E-state index contributed by atoms with van der Waals surface area (Å²) < 4.78 is 14.2. The molecule has 1 aromatic carbocycles. The van der Waals surface area contributed by atoms with Gasteiger partial charge in [0.2, 0.25) is 0 Å². The van der Waals surface area contributed by atoms with Crippen molar-refractivity contribution in [2.24, 2.45) is 0 Å². The van der Waals surface area contributed by atoms with Gasteiger partial charge >= 0.3 is 0 Å². The topological polar surface area (TPSA) is 0 Å². The van der Waals surface area contributed by atoms with Crippen LogP contribution in [0.5, 0.6) is 0 Å². The smallest absolute Gasteiger partial charge is 0.0897 e. The van der Waals surface area contributed by atoms with E-state index < -0.39 is 0 Å². The van der Waals surface area contributed by atoms with Crippen LogP contribution in [-0.2, 0) is 6.42 Å². The Hall–Kier alpha value is 0.360. The van der Waals surface area contributed by atoms with E-state index in [0.717, 1.165) is 10.9 Å². The molecule has 0 radical (unpaired) electrons. The second kappa shape index (κ2) is 5.17. The zero-order valence-electron chi connectivity index (χ0n) is 6.49. The van der Waals surface area contributed by atoms with Gasteiger partial charge in [0.05, 0.1) is 6.67 Å². The Balaban J connectivity index is 2.81. The molecule has 0 aliphatic carbocycles. The average Bonchev–Trinajstić information content (AvgIpc) is 2.04. The molecule has 1 aromatic rings. The van der Waals surface area contributed by atoms with Crippen LogP contribution < -0.4 is 0 Å². The van der Waals surface area contributed by atoms with Crippen molar-refractivity contribution in [2.45, 2.75) is 12.8 Å². The zero-order chi connectivity index (χ0) is 8.97. The van der Waals surface area contributed by atoms with E-state index in [0.29, 0.717) is 6.42 Å². The second-order valence-electron chi connectivity index (χ2n) is 2.49. The van der Waals surface area contributed by atoms with Crippen LogP contribution in [0.1, 0.15) is 12.0 Å².